The van der Waals surface area contributed by atoms with Crippen LogP contribution in [-0.2, 0) is 6.42 Å². The summed E-state index contributed by atoms with van der Waals surface area (Å²) in [6.07, 6.45) is 2.78. The Labute approximate surface area is 106 Å². The van der Waals surface area contributed by atoms with Gasteiger partial charge in [-0.1, -0.05) is 0 Å². The predicted molar refractivity (Wildman–Crippen MR) is 72.6 cm³/mol. The number of thiophene rings is 1. The van der Waals surface area contributed by atoms with Crippen LogP contribution < -0.4 is 5.32 Å². The summed E-state index contributed by atoms with van der Waals surface area (Å²) < 4.78 is 0. The molecule has 1 N–H and O–H groups in total. The minimum Gasteiger partial charge on any atom is -0.366 e. The first-order chi connectivity index (χ1) is 8.13. The molecule has 4 heteroatoms. The Kier molecular flexibility index (Phi) is 3.74. The van der Waals surface area contributed by atoms with E-state index in [1.807, 2.05) is 24.3 Å². The smallest absolute Gasteiger partial charge is 0.149 e. The monoisotopic (exact) mass is 247 g/mol. The number of nitrogens with zero attached hydrogens (tertiary/aromatic N) is 2. The molecule has 0 aliphatic carbocycles. The van der Waals surface area contributed by atoms with Gasteiger partial charge in [-0.15, -0.1) is 16.4 Å². The van der Waals surface area contributed by atoms with Gasteiger partial charge in [0.1, 0.15) is 5.82 Å². The van der Waals surface area contributed by atoms with Gasteiger partial charge in [0.15, 0.2) is 0 Å². The molecule has 2 aromatic heterocycles. The number of anilines is 1. The maximum absolute atomic E-state index is 4.07. The first-order valence-electron chi connectivity index (χ1n) is 5.74. The van der Waals surface area contributed by atoms with Crippen molar-refractivity contribution in [1.29, 1.82) is 0 Å². The van der Waals surface area contributed by atoms with Crippen LogP contribution in [0.4, 0.5) is 5.82 Å². The molecule has 0 bridgehead atoms. The molecular weight excluding hydrogens is 230 g/mol. The molecule has 0 aliphatic rings. The van der Waals surface area contributed by atoms with E-state index >= 15 is 0 Å². The molecule has 2 aromatic rings. The lowest BCUT2D eigenvalue weighted by Crippen LogP contribution is -2.18. The summed E-state index contributed by atoms with van der Waals surface area (Å²) in [5.41, 5.74) is 1.13. The van der Waals surface area contributed by atoms with Crippen LogP contribution in [0.25, 0.3) is 0 Å². The molecule has 3 nitrogen and oxygen atoms in total. The molecule has 0 fully saturated rings. The molecule has 0 radical (unpaired) electrons. The second-order valence-electron chi connectivity index (χ2n) is 4.38. The molecule has 2 rings (SSSR count). The average Bonchev–Trinajstić information content (AvgIpc) is 2.63. The topological polar surface area (TPSA) is 37.8 Å². The molecule has 17 heavy (non-hydrogen) atoms. The summed E-state index contributed by atoms with van der Waals surface area (Å²) in [6.45, 7) is 6.32. The van der Waals surface area contributed by atoms with Crippen molar-refractivity contribution in [3.8, 4) is 0 Å². The molecule has 1 unspecified atom stereocenters. The van der Waals surface area contributed by atoms with Gasteiger partial charge in [0, 0.05) is 22.2 Å². The Morgan fingerprint density at radius 2 is 2.18 bits per heavy atom. The van der Waals surface area contributed by atoms with Gasteiger partial charge in [-0.25, -0.2) is 0 Å². The molecule has 0 aromatic carbocycles. The number of hydrogen-bond donors (Lipinski definition) is 1. The zero-order valence-electron chi connectivity index (χ0n) is 10.4. The summed E-state index contributed by atoms with van der Waals surface area (Å²) in [4.78, 5) is 2.77. The normalized spacial score (nSPS) is 12.4. The molecule has 2 heterocycles. The number of aryl methyl sites for hydroxylation is 2. The Morgan fingerprint density at radius 1 is 1.35 bits per heavy atom. The highest BCUT2D eigenvalue weighted by Gasteiger charge is 2.06. The summed E-state index contributed by atoms with van der Waals surface area (Å²) in [5.74, 6) is 0.853. The number of hydrogen-bond acceptors (Lipinski definition) is 4. The van der Waals surface area contributed by atoms with E-state index in [-0.39, 0.29) is 0 Å². The molecule has 0 saturated carbocycles. The quantitative estimate of drug-likeness (QED) is 0.901. The SMILES string of the molecule is Cc1cnnc(NC(C)Cc2ccc(C)s2)c1. The zero-order chi connectivity index (χ0) is 12.3. The molecular formula is C13H17N3S. The van der Waals surface area contributed by atoms with E-state index < -0.39 is 0 Å². The Hall–Kier alpha value is -1.42. The molecule has 1 atom stereocenters. The third-order valence-electron chi connectivity index (χ3n) is 2.49. The van der Waals surface area contributed by atoms with Crippen molar-refractivity contribution >= 4 is 17.2 Å². The summed E-state index contributed by atoms with van der Waals surface area (Å²) in [6, 6.07) is 6.74. The van der Waals surface area contributed by atoms with Gasteiger partial charge < -0.3 is 5.32 Å². The lowest BCUT2D eigenvalue weighted by Gasteiger charge is -2.13. The molecule has 90 valence electrons. The van der Waals surface area contributed by atoms with Gasteiger partial charge >= 0.3 is 0 Å². The molecule has 0 spiro atoms. The van der Waals surface area contributed by atoms with Crippen molar-refractivity contribution in [3.63, 3.8) is 0 Å². The second-order valence-corrected chi connectivity index (χ2v) is 5.75. The van der Waals surface area contributed by atoms with E-state index in [2.05, 4.69) is 41.5 Å². The largest absolute Gasteiger partial charge is 0.366 e. The van der Waals surface area contributed by atoms with Gasteiger partial charge in [-0.05, 0) is 44.5 Å². The predicted octanol–water partition coefficient (Wildman–Crippen LogP) is 3.20. The van der Waals surface area contributed by atoms with E-state index in [4.69, 9.17) is 0 Å². The fourth-order valence-corrected chi connectivity index (χ4v) is 2.75. The third-order valence-corrected chi connectivity index (χ3v) is 3.51. The fraction of sp³-hybridized carbons (Fsp3) is 0.385. The standard InChI is InChI=1S/C13H17N3S/c1-9-6-13(16-14-8-9)15-10(2)7-12-5-4-11(3)17-12/h4-6,8,10H,7H2,1-3H3,(H,15,16). The maximum atomic E-state index is 4.07. The Morgan fingerprint density at radius 3 is 2.82 bits per heavy atom. The lowest BCUT2D eigenvalue weighted by atomic mass is 10.2. The van der Waals surface area contributed by atoms with Crippen molar-refractivity contribution in [2.45, 2.75) is 33.2 Å². The van der Waals surface area contributed by atoms with Crippen molar-refractivity contribution in [3.05, 3.63) is 39.7 Å². The number of rotatable bonds is 4. The summed E-state index contributed by atoms with van der Waals surface area (Å²) >= 11 is 1.85. The van der Waals surface area contributed by atoms with Crippen LogP contribution in [0.5, 0.6) is 0 Å². The lowest BCUT2D eigenvalue weighted by molar-refractivity contribution is 0.787. The van der Waals surface area contributed by atoms with Crippen LogP contribution >= 0.6 is 11.3 Å². The van der Waals surface area contributed by atoms with E-state index in [9.17, 15) is 0 Å². The maximum Gasteiger partial charge on any atom is 0.149 e. The molecule has 0 amide bonds. The Balaban J connectivity index is 1.95. The molecule has 0 aliphatic heterocycles. The van der Waals surface area contributed by atoms with Crippen LogP contribution in [0.15, 0.2) is 24.4 Å². The Bertz CT molecular complexity index is 493. The second kappa shape index (κ2) is 5.27. The molecule has 0 saturated heterocycles. The van der Waals surface area contributed by atoms with Crippen molar-refractivity contribution in [2.24, 2.45) is 0 Å². The summed E-state index contributed by atoms with van der Waals surface area (Å²) in [7, 11) is 0. The first-order valence-corrected chi connectivity index (χ1v) is 6.56. The van der Waals surface area contributed by atoms with E-state index in [1.54, 1.807) is 6.20 Å². The van der Waals surface area contributed by atoms with Gasteiger partial charge in [-0.3, -0.25) is 0 Å². The van der Waals surface area contributed by atoms with Crippen LogP contribution in [0.1, 0.15) is 22.2 Å². The van der Waals surface area contributed by atoms with Crippen molar-refractivity contribution in [1.82, 2.24) is 10.2 Å². The minimum atomic E-state index is 0.365. The zero-order valence-corrected chi connectivity index (χ0v) is 11.2. The van der Waals surface area contributed by atoms with Gasteiger partial charge in [-0.2, -0.15) is 5.10 Å². The average molecular weight is 247 g/mol. The highest BCUT2D eigenvalue weighted by atomic mass is 32.1. The van der Waals surface area contributed by atoms with E-state index in [0.717, 1.165) is 17.8 Å². The van der Waals surface area contributed by atoms with Crippen molar-refractivity contribution < 1.29 is 0 Å². The van der Waals surface area contributed by atoms with Crippen LogP contribution in [-0.4, -0.2) is 16.2 Å². The highest BCUT2D eigenvalue weighted by Crippen LogP contribution is 2.17. The number of aromatic nitrogens is 2. The fourth-order valence-electron chi connectivity index (χ4n) is 1.73. The van der Waals surface area contributed by atoms with Crippen LogP contribution in [0.3, 0.4) is 0 Å². The van der Waals surface area contributed by atoms with Gasteiger partial charge in [0.05, 0.1) is 6.20 Å². The number of nitrogens with one attached hydrogen (secondary N) is 1. The van der Waals surface area contributed by atoms with Gasteiger partial charge in [0.25, 0.3) is 0 Å². The van der Waals surface area contributed by atoms with Crippen LogP contribution in [0.2, 0.25) is 0 Å². The first kappa shape index (κ1) is 12.0. The van der Waals surface area contributed by atoms with Crippen molar-refractivity contribution in [2.75, 3.05) is 5.32 Å². The highest BCUT2D eigenvalue weighted by molar-refractivity contribution is 7.11. The third kappa shape index (κ3) is 3.53. The van der Waals surface area contributed by atoms with E-state index in [1.165, 1.54) is 9.75 Å². The summed E-state index contributed by atoms with van der Waals surface area (Å²) in [5, 5.41) is 11.4. The van der Waals surface area contributed by atoms with Gasteiger partial charge in [0.2, 0.25) is 0 Å². The minimum absolute atomic E-state index is 0.365. The van der Waals surface area contributed by atoms with Crippen LogP contribution in [0, 0.1) is 13.8 Å². The van der Waals surface area contributed by atoms with E-state index in [0.29, 0.717) is 6.04 Å².